The average molecular weight is 206 g/mol. The molecule has 1 aliphatic rings. The van der Waals surface area contributed by atoms with Crippen LogP contribution in [-0.2, 0) is 14.8 Å². The largest absolute Gasteiger partial charge is 0.306 e. The first-order chi connectivity index (χ1) is 5.90. The Labute approximate surface area is 77.9 Å². The van der Waals surface area contributed by atoms with E-state index < -0.39 is 21.5 Å². The van der Waals surface area contributed by atoms with Crippen molar-refractivity contribution in [3.63, 3.8) is 0 Å². The van der Waals surface area contributed by atoms with E-state index in [9.17, 15) is 13.2 Å². The number of rotatable bonds is 3. The van der Waals surface area contributed by atoms with Crippen LogP contribution >= 0.6 is 0 Å². The van der Waals surface area contributed by atoms with Crippen LogP contribution in [0.4, 0.5) is 0 Å². The summed E-state index contributed by atoms with van der Waals surface area (Å²) < 4.78 is 23.6. The monoisotopic (exact) mass is 206 g/mol. The standard InChI is InChI=1S/C7H14N2O3S/c1-8-7(4-3-5-7)6(10)9-13(2,11)12/h8H,3-5H2,1-2H3,(H,9,10). The SMILES string of the molecule is CNC1(C(=O)NS(C)(=O)=O)CCC1. The van der Waals surface area contributed by atoms with Gasteiger partial charge in [-0.05, 0) is 26.3 Å². The highest BCUT2D eigenvalue weighted by Crippen LogP contribution is 2.31. The summed E-state index contributed by atoms with van der Waals surface area (Å²) in [5.41, 5.74) is -0.650. The molecule has 1 fully saturated rings. The molecule has 1 amide bonds. The van der Waals surface area contributed by atoms with E-state index in [0.717, 1.165) is 12.7 Å². The lowest BCUT2D eigenvalue weighted by Crippen LogP contribution is -2.60. The van der Waals surface area contributed by atoms with Crippen molar-refractivity contribution in [2.24, 2.45) is 0 Å². The minimum absolute atomic E-state index is 0.441. The smallest absolute Gasteiger partial charge is 0.253 e. The molecule has 0 bridgehead atoms. The lowest BCUT2D eigenvalue weighted by Gasteiger charge is -2.39. The van der Waals surface area contributed by atoms with Gasteiger partial charge in [-0.2, -0.15) is 0 Å². The zero-order valence-corrected chi connectivity index (χ0v) is 8.57. The van der Waals surface area contributed by atoms with Crippen molar-refractivity contribution >= 4 is 15.9 Å². The first-order valence-corrected chi connectivity index (χ1v) is 6.00. The zero-order valence-electron chi connectivity index (χ0n) is 7.75. The summed E-state index contributed by atoms with van der Waals surface area (Å²) in [5.74, 6) is -0.441. The minimum atomic E-state index is -3.43. The molecule has 0 aromatic heterocycles. The topological polar surface area (TPSA) is 75.3 Å². The van der Waals surface area contributed by atoms with Gasteiger partial charge in [0.15, 0.2) is 0 Å². The Kier molecular flexibility index (Phi) is 2.63. The molecular formula is C7H14N2O3S. The van der Waals surface area contributed by atoms with Crippen LogP contribution in [0.15, 0.2) is 0 Å². The van der Waals surface area contributed by atoms with E-state index in [2.05, 4.69) is 5.32 Å². The van der Waals surface area contributed by atoms with Crippen LogP contribution in [0.3, 0.4) is 0 Å². The molecule has 0 radical (unpaired) electrons. The van der Waals surface area contributed by atoms with Gasteiger partial charge in [-0.15, -0.1) is 0 Å². The zero-order chi connectivity index (χ0) is 10.1. The fourth-order valence-electron chi connectivity index (χ4n) is 1.39. The molecule has 1 rings (SSSR count). The number of sulfonamides is 1. The predicted molar refractivity (Wildman–Crippen MR) is 48.6 cm³/mol. The number of amides is 1. The molecule has 0 aromatic rings. The maximum Gasteiger partial charge on any atom is 0.253 e. The fourth-order valence-corrected chi connectivity index (χ4v) is 1.92. The second-order valence-electron chi connectivity index (χ2n) is 3.39. The van der Waals surface area contributed by atoms with Gasteiger partial charge in [-0.3, -0.25) is 9.52 Å². The third-order valence-corrected chi connectivity index (χ3v) is 2.95. The average Bonchev–Trinajstić information content (AvgIpc) is 1.80. The molecule has 1 aliphatic carbocycles. The van der Waals surface area contributed by atoms with Crippen LogP contribution < -0.4 is 10.0 Å². The maximum atomic E-state index is 11.4. The Bertz CT molecular complexity index is 300. The molecule has 1 saturated carbocycles. The molecule has 0 saturated heterocycles. The Morgan fingerprint density at radius 2 is 1.92 bits per heavy atom. The van der Waals surface area contributed by atoms with E-state index in [0.29, 0.717) is 12.8 Å². The second-order valence-corrected chi connectivity index (χ2v) is 5.14. The van der Waals surface area contributed by atoms with Crippen LogP contribution in [0.5, 0.6) is 0 Å². The molecule has 0 aliphatic heterocycles. The van der Waals surface area contributed by atoms with Crippen molar-refractivity contribution in [1.82, 2.24) is 10.0 Å². The number of carbonyl (C=O) groups excluding carboxylic acids is 1. The number of hydrogen-bond donors (Lipinski definition) is 2. The van der Waals surface area contributed by atoms with Crippen molar-refractivity contribution in [1.29, 1.82) is 0 Å². The molecule has 5 nitrogen and oxygen atoms in total. The molecule has 0 unspecified atom stereocenters. The molecule has 0 atom stereocenters. The van der Waals surface area contributed by atoms with Gasteiger partial charge in [0, 0.05) is 0 Å². The highest BCUT2D eigenvalue weighted by Gasteiger charge is 2.43. The van der Waals surface area contributed by atoms with Crippen molar-refractivity contribution < 1.29 is 13.2 Å². The third-order valence-electron chi connectivity index (χ3n) is 2.40. The number of hydrogen-bond acceptors (Lipinski definition) is 4. The van der Waals surface area contributed by atoms with Crippen LogP contribution in [0, 0.1) is 0 Å². The highest BCUT2D eigenvalue weighted by molar-refractivity contribution is 7.89. The van der Waals surface area contributed by atoms with E-state index in [1.165, 1.54) is 0 Å². The highest BCUT2D eigenvalue weighted by atomic mass is 32.2. The Hall–Kier alpha value is -0.620. The van der Waals surface area contributed by atoms with Gasteiger partial charge in [0.25, 0.3) is 5.91 Å². The first kappa shape index (κ1) is 10.5. The first-order valence-electron chi connectivity index (χ1n) is 4.11. The summed E-state index contributed by atoms with van der Waals surface area (Å²) in [6, 6.07) is 0. The summed E-state index contributed by atoms with van der Waals surface area (Å²) in [7, 11) is -1.76. The van der Waals surface area contributed by atoms with Crippen molar-refractivity contribution in [2.45, 2.75) is 24.8 Å². The quantitative estimate of drug-likeness (QED) is 0.634. The second kappa shape index (κ2) is 3.26. The van der Waals surface area contributed by atoms with Crippen LogP contribution in [0.2, 0.25) is 0 Å². The molecule has 0 heterocycles. The molecule has 6 heteroatoms. The van der Waals surface area contributed by atoms with E-state index in [-0.39, 0.29) is 0 Å². The molecule has 0 aromatic carbocycles. The van der Waals surface area contributed by atoms with E-state index >= 15 is 0 Å². The summed E-state index contributed by atoms with van der Waals surface area (Å²) in [6.07, 6.45) is 3.33. The molecule has 2 N–H and O–H groups in total. The summed E-state index contributed by atoms with van der Waals surface area (Å²) in [4.78, 5) is 11.4. The van der Waals surface area contributed by atoms with E-state index in [1.54, 1.807) is 7.05 Å². The summed E-state index contributed by atoms with van der Waals surface area (Å²) in [6.45, 7) is 0. The Morgan fingerprint density at radius 3 is 2.15 bits per heavy atom. The van der Waals surface area contributed by atoms with Gasteiger partial charge in [0.05, 0.1) is 11.8 Å². The van der Waals surface area contributed by atoms with Gasteiger partial charge >= 0.3 is 0 Å². The van der Waals surface area contributed by atoms with Gasteiger partial charge in [-0.25, -0.2) is 8.42 Å². The normalized spacial score (nSPS) is 20.5. The van der Waals surface area contributed by atoms with Gasteiger partial charge in [0.1, 0.15) is 0 Å². The van der Waals surface area contributed by atoms with Crippen LogP contribution in [0.1, 0.15) is 19.3 Å². The Morgan fingerprint density at radius 1 is 1.38 bits per heavy atom. The fraction of sp³-hybridized carbons (Fsp3) is 0.857. The van der Waals surface area contributed by atoms with Crippen LogP contribution in [-0.4, -0.2) is 33.2 Å². The molecular weight excluding hydrogens is 192 g/mol. The predicted octanol–water partition coefficient (Wildman–Crippen LogP) is -0.796. The number of nitrogens with one attached hydrogen (secondary N) is 2. The number of likely N-dealkylation sites (N-methyl/N-ethyl adjacent to an activating group) is 1. The van der Waals surface area contributed by atoms with Crippen molar-refractivity contribution in [2.75, 3.05) is 13.3 Å². The lowest BCUT2D eigenvalue weighted by molar-refractivity contribution is -0.128. The third kappa shape index (κ3) is 2.19. The summed E-state index contributed by atoms with van der Waals surface area (Å²) in [5, 5.41) is 2.86. The van der Waals surface area contributed by atoms with Crippen LogP contribution in [0.25, 0.3) is 0 Å². The Balaban J connectivity index is 2.67. The minimum Gasteiger partial charge on any atom is -0.306 e. The lowest BCUT2D eigenvalue weighted by atomic mass is 9.76. The van der Waals surface area contributed by atoms with Crippen molar-refractivity contribution in [3.05, 3.63) is 0 Å². The molecule has 76 valence electrons. The van der Waals surface area contributed by atoms with E-state index in [1.807, 2.05) is 4.72 Å². The van der Waals surface area contributed by atoms with Crippen molar-refractivity contribution in [3.8, 4) is 0 Å². The molecule has 13 heavy (non-hydrogen) atoms. The number of carbonyl (C=O) groups is 1. The van der Waals surface area contributed by atoms with Gasteiger partial charge in [0.2, 0.25) is 10.0 Å². The molecule has 0 spiro atoms. The van der Waals surface area contributed by atoms with E-state index in [4.69, 9.17) is 0 Å². The van der Waals surface area contributed by atoms with Gasteiger partial charge in [-0.1, -0.05) is 0 Å². The maximum absolute atomic E-state index is 11.4. The summed E-state index contributed by atoms with van der Waals surface area (Å²) >= 11 is 0. The van der Waals surface area contributed by atoms with Gasteiger partial charge < -0.3 is 5.32 Å².